The van der Waals surface area contributed by atoms with Gasteiger partial charge in [0.25, 0.3) is 5.91 Å². The molecule has 0 unspecified atom stereocenters. The zero-order valence-electron chi connectivity index (χ0n) is 15.6. The molecule has 8 nitrogen and oxygen atoms in total. The van der Waals surface area contributed by atoms with Crippen molar-refractivity contribution in [1.82, 2.24) is 15.0 Å². The predicted molar refractivity (Wildman–Crippen MR) is 102 cm³/mol. The molecular weight excluding hydrogens is 360 g/mol. The second-order valence-electron chi connectivity index (χ2n) is 7.02. The van der Waals surface area contributed by atoms with Crippen LogP contribution in [0.25, 0.3) is 11.1 Å². The van der Waals surface area contributed by atoms with E-state index in [1.165, 1.54) is 25.7 Å². The minimum absolute atomic E-state index is 0.212. The number of aromatic nitrogens is 3. The summed E-state index contributed by atoms with van der Waals surface area (Å²) in [5, 5.41) is 12.1. The van der Waals surface area contributed by atoms with E-state index in [2.05, 4.69) is 20.3 Å². The standard InChI is InChI=1S/C20H22N4O4/c1-27-17-8-15-18(9-14(17)23-19(26)16-10-21-6-7-22-16)28-20(24-15)13-4-2-12(11-25)3-5-13/h6-10,12-13,25H,2-5,11H2,1H3,(H,23,26)/t12-,13-. The first-order valence-electron chi connectivity index (χ1n) is 9.34. The molecule has 2 aromatic heterocycles. The maximum Gasteiger partial charge on any atom is 0.275 e. The summed E-state index contributed by atoms with van der Waals surface area (Å²) in [4.78, 5) is 24.9. The molecule has 28 heavy (non-hydrogen) atoms. The Bertz CT molecular complexity index is 965. The molecule has 0 aliphatic heterocycles. The minimum atomic E-state index is -0.382. The Labute approximate surface area is 162 Å². The molecule has 1 aromatic carbocycles. The van der Waals surface area contributed by atoms with Crippen molar-refractivity contribution >= 4 is 22.7 Å². The maximum absolute atomic E-state index is 12.4. The molecule has 0 saturated heterocycles. The Morgan fingerprint density at radius 3 is 2.79 bits per heavy atom. The lowest BCUT2D eigenvalue weighted by molar-refractivity contribution is 0.102. The lowest BCUT2D eigenvalue weighted by Gasteiger charge is -2.24. The van der Waals surface area contributed by atoms with Gasteiger partial charge >= 0.3 is 0 Å². The van der Waals surface area contributed by atoms with Crippen molar-refractivity contribution < 1.29 is 19.1 Å². The van der Waals surface area contributed by atoms with Crippen LogP contribution in [0.2, 0.25) is 0 Å². The number of aliphatic hydroxyl groups excluding tert-OH is 1. The minimum Gasteiger partial charge on any atom is -0.494 e. The maximum atomic E-state index is 12.4. The van der Waals surface area contributed by atoms with Gasteiger partial charge < -0.3 is 19.6 Å². The van der Waals surface area contributed by atoms with Crippen molar-refractivity contribution in [1.29, 1.82) is 0 Å². The zero-order valence-corrected chi connectivity index (χ0v) is 15.6. The van der Waals surface area contributed by atoms with Crippen LogP contribution < -0.4 is 10.1 Å². The van der Waals surface area contributed by atoms with Gasteiger partial charge in [-0.3, -0.25) is 9.78 Å². The molecule has 0 bridgehead atoms. The Kier molecular flexibility index (Phi) is 5.21. The van der Waals surface area contributed by atoms with Gasteiger partial charge in [0.05, 0.1) is 19.0 Å². The molecule has 1 aliphatic rings. The van der Waals surface area contributed by atoms with E-state index in [1.54, 1.807) is 12.1 Å². The van der Waals surface area contributed by atoms with Gasteiger partial charge in [0, 0.05) is 37.1 Å². The quantitative estimate of drug-likeness (QED) is 0.697. The number of amides is 1. The SMILES string of the molecule is COc1cc2nc([C@H]3CC[C@H](CO)CC3)oc2cc1NC(=O)c1cnccn1. The Morgan fingerprint density at radius 2 is 2.11 bits per heavy atom. The van der Waals surface area contributed by atoms with E-state index in [-0.39, 0.29) is 24.1 Å². The average Bonchev–Trinajstić information content (AvgIpc) is 3.16. The van der Waals surface area contributed by atoms with Gasteiger partial charge in [0.15, 0.2) is 11.5 Å². The van der Waals surface area contributed by atoms with E-state index in [4.69, 9.17) is 9.15 Å². The normalized spacial score (nSPS) is 19.5. The van der Waals surface area contributed by atoms with Crippen LogP contribution in [0.1, 0.15) is 48.0 Å². The number of carbonyl (C=O) groups is 1. The van der Waals surface area contributed by atoms with E-state index in [0.717, 1.165) is 25.7 Å². The topological polar surface area (TPSA) is 110 Å². The smallest absolute Gasteiger partial charge is 0.275 e. The molecule has 1 saturated carbocycles. The molecule has 0 atom stereocenters. The number of nitrogens with zero attached hydrogens (tertiary/aromatic N) is 3. The zero-order chi connectivity index (χ0) is 19.5. The molecule has 8 heteroatoms. The highest BCUT2D eigenvalue weighted by atomic mass is 16.5. The van der Waals surface area contributed by atoms with Crippen molar-refractivity contribution in [2.75, 3.05) is 19.0 Å². The number of ether oxygens (including phenoxy) is 1. The second-order valence-corrected chi connectivity index (χ2v) is 7.02. The van der Waals surface area contributed by atoms with Crippen LogP contribution in [0.3, 0.4) is 0 Å². The van der Waals surface area contributed by atoms with Gasteiger partial charge in [0.1, 0.15) is 17.0 Å². The lowest BCUT2D eigenvalue weighted by Crippen LogP contribution is -2.16. The third-order valence-electron chi connectivity index (χ3n) is 5.22. The van der Waals surface area contributed by atoms with E-state index < -0.39 is 0 Å². The molecular formula is C20H22N4O4. The van der Waals surface area contributed by atoms with Crippen molar-refractivity contribution in [3.63, 3.8) is 0 Å². The Balaban J connectivity index is 1.59. The number of oxazole rings is 1. The molecule has 2 heterocycles. The number of rotatable bonds is 5. The number of nitrogens with one attached hydrogen (secondary N) is 1. The average molecular weight is 382 g/mol. The van der Waals surface area contributed by atoms with E-state index in [0.29, 0.717) is 34.3 Å². The molecule has 2 N–H and O–H groups in total. The molecule has 1 aliphatic carbocycles. The predicted octanol–water partition coefficient (Wildman–Crippen LogP) is 3.14. The molecule has 1 amide bonds. The van der Waals surface area contributed by atoms with Crippen LogP contribution in [0.5, 0.6) is 5.75 Å². The Hall–Kier alpha value is -3.00. The number of benzene rings is 1. The summed E-state index contributed by atoms with van der Waals surface area (Å²) in [6.07, 6.45) is 8.22. The third kappa shape index (κ3) is 3.68. The van der Waals surface area contributed by atoms with Crippen LogP contribution in [0.4, 0.5) is 5.69 Å². The number of methoxy groups -OCH3 is 1. The first-order valence-corrected chi connectivity index (χ1v) is 9.34. The van der Waals surface area contributed by atoms with Gasteiger partial charge in [-0.15, -0.1) is 0 Å². The Morgan fingerprint density at radius 1 is 1.29 bits per heavy atom. The molecule has 4 rings (SSSR count). The fraction of sp³-hybridized carbons (Fsp3) is 0.400. The van der Waals surface area contributed by atoms with Crippen LogP contribution in [0, 0.1) is 5.92 Å². The highest BCUT2D eigenvalue weighted by Gasteiger charge is 2.26. The van der Waals surface area contributed by atoms with Crippen molar-refractivity contribution in [3.05, 3.63) is 42.3 Å². The van der Waals surface area contributed by atoms with Crippen LogP contribution >= 0.6 is 0 Å². The van der Waals surface area contributed by atoms with Crippen molar-refractivity contribution in [3.8, 4) is 5.75 Å². The van der Waals surface area contributed by atoms with Gasteiger partial charge in [-0.1, -0.05) is 0 Å². The number of hydrogen-bond donors (Lipinski definition) is 2. The van der Waals surface area contributed by atoms with Gasteiger partial charge in [-0.05, 0) is 31.6 Å². The number of anilines is 1. The van der Waals surface area contributed by atoms with E-state index in [9.17, 15) is 9.90 Å². The van der Waals surface area contributed by atoms with Crippen molar-refractivity contribution in [2.24, 2.45) is 5.92 Å². The molecule has 3 aromatic rings. The lowest BCUT2D eigenvalue weighted by atomic mass is 9.82. The first-order chi connectivity index (χ1) is 13.7. The summed E-state index contributed by atoms with van der Waals surface area (Å²) in [5.74, 6) is 1.44. The molecule has 0 spiro atoms. The van der Waals surface area contributed by atoms with Gasteiger partial charge in [-0.25, -0.2) is 9.97 Å². The number of aliphatic hydroxyl groups is 1. The highest BCUT2D eigenvalue weighted by molar-refractivity contribution is 6.04. The fourth-order valence-electron chi connectivity index (χ4n) is 3.61. The number of fused-ring (bicyclic) bond motifs is 1. The van der Waals surface area contributed by atoms with E-state index in [1.807, 2.05) is 0 Å². The van der Waals surface area contributed by atoms with E-state index >= 15 is 0 Å². The van der Waals surface area contributed by atoms with Crippen LogP contribution in [-0.4, -0.2) is 39.7 Å². The number of hydrogen-bond acceptors (Lipinski definition) is 7. The van der Waals surface area contributed by atoms with Crippen LogP contribution in [0.15, 0.2) is 35.1 Å². The second kappa shape index (κ2) is 7.93. The third-order valence-corrected chi connectivity index (χ3v) is 5.22. The summed E-state index contributed by atoms with van der Waals surface area (Å²) in [6, 6.07) is 3.48. The largest absolute Gasteiger partial charge is 0.494 e. The molecule has 0 radical (unpaired) electrons. The summed E-state index contributed by atoms with van der Waals surface area (Å²) in [6.45, 7) is 0.242. The molecule has 146 valence electrons. The summed E-state index contributed by atoms with van der Waals surface area (Å²) < 4.78 is 11.4. The first kappa shape index (κ1) is 18.4. The van der Waals surface area contributed by atoms with Crippen molar-refractivity contribution in [2.45, 2.75) is 31.6 Å². The van der Waals surface area contributed by atoms with Crippen LogP contribution in [-0.2, 0) is 0 Å². The summed E-state index contributed by atoms with van der Waals surface area (Å²) in [5.41, 5.74) is 1.98. The summed E-state index contributed by atoms with van der Waals surface area (Å²) >= 11 is 0. The van der Waals surface area contributed by atoms with Gasteiger partial charge in [0.2, 0.25) is 0 Å². The summed E-state index contributed by atoms with van der Waals surface area (Å²) in [7, 11) is 1.54. The highest BCUT2D eigenvalue weighted by Crippen LogP contribution is 2.38. The molecule has 1 fully saturated rings. The number of carbonyl (C=O) groups excluding carboxylic acids is 1. The fourth-order valence-corrected chi connectivity index (χ4v) is 3.61. The monoisotopic (exact) mass is 382 g/mol. The van der Waals surface area contributed by atoms with Gasteiger partial charge in [-0.2, -0.15) is 0 Å².